The molecule has 2 aromatic rings. The summed E-state index contributed by atoms with van der Waals surface area (Å²) in [4.78, 5) is 34.9. The molecule has 0 radical (unpaired) electrons. The quantitative estimate of drug-likeness (QED) is 0.556. The van der Waals surface area contributed by atoms with E-state index in [-0.39, 0.29) is 34.6 Å². The SMILES string of the molecule is O=C(NCc1cccc(NC(=O)C2CCCC2)c1)c1cc([N+](=O)[O-])ccc1Cl. The molecule has 0 spiro atoms. The van der Waals surface area contributed by atoms with Crippen molar-refractivity contribution >= 4 is 34.8 Å². The third-order valence-corrected chi connectivity index (χ3v) is 5.11. The van der Waals surface area contributed by atoms with Crippen LogP contribution in [0.15, 0.2) is 42.5 Å². The number of carbonyl (C=O) groups is 2. The van der Waals surface area contributed by atoms with Gasteiger partial charge in [0.2, 0.25) is 5.91 Å². The summed E-state index contributed by atoms with van der Waals surface area (Å²) in [6.45, 7) is 0.199. The fourth-order valence-corrected chi connectivity index (χ4v) is 3.47. The van der Waals surface area contributed by atoms with Crippen LogP contribution in [0.5, 0.6) is 0 Å². The van der Waals surface area contributed by atoms with E-state index in [0.717, 1.165) is 37.3 Å². The average Bonchev–Trinajstić information content (AvgIpc) is 3.21. The van der Waals surface area contributed by atoms with Crippen LogP contribution in [0.1, 0.15) is 41.6 Å². The highest BCUT2D eigenvalue weighted by molar-refractivity contribution is 6.33. The van der Waals surface area contributed by atoms with Gasteiger partial charge in [-0.3, -0.25) is 19.7 Å². The molecule has 1 aliphatic carbocycles. The number of carbonyl (C=O) groups excluding carboxylic acids is 2. The van der Waals surface area contributed by atoms with Crippen molar-refractivity contribution in [3.8, 4) is 0 Å². The first kappa shape index (κ1) is 19.8. The molecule has 0 aromatic heterocycles. The summed E-state index contributed by atoms with van der Waals surface area (Å²) in [5.74, 6) is -0.407. The molecule has 0 bridgehead atoms. The van der Waals surface area contributed by atoms with Crippen molar-refractivity contribution < 1.29 is 14.5 Å². The Balaban J connectivity index is 1.63. The van der Waals surface area contributed by atoms with E-state index in [4.69, 9.17) is 11.6 Å². The van der Waals surface area contributed by atoms with E-state index in [9.17, 15) is 19.7 Å². The molecule has 1 saturated carbocycles. The highest BCUT2D eigenvalue weighted by Crippen LogP contribution is 2.26. The van der Waals surface area contributed by atoms with Crippen molar-refractivity contribution in [3.63, 3.8) is 0 Å². The maximum atomic E-state index is 12.4. The topological polar surface area (TPSA) is 101 Å². The summed E-state index contributed by atoms with van der Waals surface area (Å²) in [5.41, 5.74) is 1.31. The molecule has 2 N–H and O–H groups in total. The highest BCUT2D eigenvalue weighted by Gasteiger charge is 2.22. The molecule has 8 heteroatoms. The number of rotatable bonds is 6. The van der Waals surface area contributed by atoms with Crippen LogP contribution in [0, 0.1) is 16.0 Å². The van der Waals surface area contributed by atoms with Crippen molar-refractivity contribution in [2.24, 2.45) is 5.92 Å². The first-order chi connectivity index (χ1) is 13.4. The summed E-state index contributed by atoms with van der Waals surface area (Å²) >= 11 is 5.99. The molecule has 0 heterocycles. The van der Waals surface area contributed by atoms with Gasteiger partial charge in [-0.15, -0.1) is 0 Å². The van der Waals surface area contributed by atoms with E-state index in [1.54, 1.807) is 18.2 Å². The Labute approximate surface area is 167 Å². The Morgan fingerprint density at radius 1 is 1.14 bits per heavy atom. The maximum Gasteiger partial charge on any atom is 0.270 e. The first-order valence-corrected chi connectivity index (χ1v) is 9.44. The third-order valence-electron chi connectivity index (χ3n) is 4.78. The fourth-order valence-electron chi connectivity index (χ4n) is 3.27. The first-order valence-electron chi connectivity index (χ1n) is 9.06. The van der Waals surface area contributed by atoms with Gasteiger partial charge < -0.3 is 10.6 Å². The van der Waals surface area contributed by atoms with E-state index in [2.05, 4.69) is 10.6 Å². The number of hydrogen-bond donors (Lipinski definition) is 2. The minimum Gasteiger partial charge on any atom is -0.348 e. The molecule has 3 rings (SSSR count). The third kappa shape index (κ3) is 4.86. The van der Waals surface area contributed by atoms with Crippen molar-refractivity contribution in [1.82, 2.24) is 5.32 Å². The number of benzene rings is 2. The van der Waals surface area contributed by atoms with E-state index < -0.39 is 10.8 Å². The number of nitrogens with one attached hydrogen (secondary N) is 2. The monoisotopic (exact) mass is 401 g/mol. The van der Waals surface area contributed by atoms with Crippen molar-refractivity contribution in [2.45, 2.75) is 32.2 Å². The van der Waals surface area contributed by atoms with Crippen LogP contribution in [-0.2, 0) is 11.3 Å². The normalized spacial score (nSPS) is 13.9. The summed E-state index contributed by atoms with van der Waals surface area (Å²) in [6.07, 6.45) is 4.02. The van der Waals surface area contributed by atoms with Crippen LogP contribution in [0.2, 0.25) is 5.02 Å². The van der Waals surface area contributed by atoms with Gasteiger partial charge in [0.05, 0.1) is 15.5 Å². The predicted molar refractivity (Wildman–Crippen MR) is 106 cm³/mol. The van der Waals surface area contributed by atoms with Crippen molar-refractivity contribution in [3.05, 3.63) is 68.7 Å². The predicted octanol–water partition coefficient (Wildman–Crippen LogP) is 4.31. The van der Waals surface area contributed by atoms with E-state index >= 15 is 0 Å². The second-order valence-electron chi connectivity index (χ2n) is 6.77. The van der Waals surface area contributed by atoms with Crippen molar-refractivity contribution in [2.75, 3.05) is 5.32 Å². The largest absolute Gasteiger partial charge is 0.348 e. The number of anilines is 1. The fraction of sp³-hybridized carbons (Fsp3) is 0.300. The summed E-state index contributed by atoms with van der Waals surface area (Å²) < 4.78 is 0. The van der Waals surface area contributed by atoms with Crippen LogP contribution in [-0.4, -0.2) is 16.7 Å². The zero-order valence-electron chi connectivity index (χ0n) is 15.1. The lowest BCUT2D eigenvalue weighted by atomic mass is 10.1. The number of hydrogen-bond acceptors (Lipinski definition) is 4. The summed E-state index contributed by atoms with van der Waals surface area (Å²) in [7, 11) is 0. The molecule has 7 nitrogen and oxygen atoms in total. The lowest BCUT2D eigenvalue weighted by Gasteiger charge is -2.12. The zero-order chi connectivity index (χ0) is 20.1. The lowest BCUT2D eigenvalue weighted by molar-refractivity contribution is -0.384. The van der Waals surface area contributed by atoms with Gasteiger partial charge in [0.1, 0.15) is 0 Å². The van der Waals surface area contributed by atoms with Crippen LogP contribution < -0.4 is 10.6 Å². The minimum absolute atomic E-state index is 0.0297. The molecule has 28 heavy (non-hydrogen) atoms. The van der Waals surface area contributed by atoms with E-state index in [1.807, 2.05) is 6.07 Å². The number of amides is 2. The van der Waals surface area contributed by atoms with Crippen LogP contribution in [0.3, 0.4) is 0 Å². The van der Waals surface area contributed by atoms with Gasteiger partial charge in [-0.05, 0) is 36.6 Å². The van der Waals surface area contributed by atoms with Crippen LogP contribution in [0.25, 0.3) is 0 Å². The van der Waals surface area contributed by atoms with Gasteiger partial charge in [-0.1, -0.05) is 36.6 Å². The van der Waals surface area contributed by atoms with Gasteiger partial charge in [0, 0.05) is 30.3 Å². The maximum absolute atomic E-state index is 12.4. The average molecular weight is 402 g/mol. The number of non-ortho nitro benzene ring substituents is 1. The Bertz CT molecular complexity index is 910. The molecular weight excluding hydrogens is 382 g/mol. The molecule has 2 amide bonds. The standard InChI is InChI=1S/C20H20ClN3O4/c21-18-9-8-16(24(27)28)11-17(18)20(26)22-12-13-4-3-7-15(10-13)23-19(25)14-5-1-2-6-14/h3-4,7-11,14H,1-2,5-6,12H2,(H,22,26)(H,23,25). The molecular formula is C20H20ClN3O4. The number of nitro groups is 1. The Kier molecular flexibility index (Phi) is 6.26. The molecule has 1 fully saturated rings. The molecule has 0 saturated heterocycles. The van der Waals surface area contributed by atoms with Crippen LogP contribution >= 0.6 is 11.6 Å². The Morgan fingerprint density at radius 3 is 2.61 bits per heavy atom. The van der Waals surface area contributed by atoms with Crippen LogP contribution in [0.4, 0.5) is 11.4 Å². The van der Waals surface area contributed by atoms with E-state index in [1.165, 1.54) is 12.1 Å². The highest BCUT2D eigenvalue weighted by atomic mass is 35.5. The molecule has 146 valence electrons. The molecule has 0 atom stereocenters. The molecule has 1 aliphatic rings. The van der Waals surface area contributed by atoms with Crippen molar-refractivity contribution in [1.29, 1.82) is 0 Å². The lowest BCUT2D eigenvalue weighted by Crippen LogP contribution is -2.23. The summed E-state index contributed by atoms with van der Waals surface area (Å²) in [5, 5.41) is 16.6. The minimum atomic E-state index is -0.580. The second kappa shape index (κ2) is 8.84. The van der Waals surface area contributed by atoms with Gasteiger partial charge >= 0.3 is 0 Å². The summed E-state index contributed by atoms with van der Waals surface area (Å²) in [6, 6.07) is 10.9. The molecule has 2 aromatic carbocycles. The Morgan fingerprint density at radius 2 is 1.89 bits per heavy atom. The number of nitro benzene ring substituents is 1. The van der Waals surface area contributed by atoms with Gasteiger partial charge in [-0.2, -0.15) is 0 Å². The number of halogens is 1. The smallest absolute Gasteiger partial charge is 0.270 e. The number of nitrogens with zero attached hydrogens (tertiary/aromatic N) is 1. The zero-order valence-corrected chi connectivity index (χ0v) is 15.9. The van der Waals surface area contributed by atoms with Gasteiger partial charge in [0.15, 0.2) is 0 Å². The molecule has 0 unspecified atom stereocenters. The van der Waals surface area contributed by atoms with Gasteiger partial charge in [-0.25, -0.2) is 0 Å². The van der Waals surface area contributed by atoms with Gasteiger partial charge in [0.25, 0.3) is 11.6 Å². The second-order valence-corrected chi connectivity index (χ2v) is 7.18. The van der Waals surface area contributed by atoms with E-state index in [0.29, 0.717) is 5.69 Å². The Hall–Kier alpha value is -2.93. The molecule has 0 aliphatic heterocycles.